The third-order valence-electron chi connectivity index (χ3n) is 4.05. The first-order chi connectivity index (χ1) is 7.72. The molecule has 92 valence electrons. The molecule has 3 rings (SSSR count). The Bertz CT molecular complexity index is 246. The van der Waals surface area contributed by atoms with Gasteiger partial charge in [-0.3, -0.25) is 0 Å². The molecule has 2 saturated heterocycles. The van der Waals surface area contributed by atoms with Gasteiger partial charge in [0, 0.05) is 12.8 Å². The highest BCUT2D eigenvalue weighted by Gasteiger charge is 2.47. The van der Waals surface area contributed by atoms with Crippen molar-refractivity contribution in [2.24, 2.45) is 5.92 Å². The molecular formula is C12H21NO2S. The van der Waals surface area contributed by atoms with Crippen LogP contribution in [0.3, 0.4) is 0 Å². The van der Waals surface area contributed by atoms with E-state index in [9.17, 15) is 0 Å². The SMILES string of the molecule is CC1CNC2(CCC3(CC2)OCCO3)SC1. The lowest BCUT2D eigenvalue weighted by Crippen LogP contribution is -2.53. The molecule has 3 nitrogen and oxygen atoms in total. The van der Waals surface area contributed by atoms with E-state index in [4.69, 9.17) is 9.47 Å². The van der Waals surface area contributed by atoms with Gasteiger partial charge in [0.25, 0.3) is 0 Å². The number of thioether (sulfide) groups is 1. The summed E-state index contributed by atoms with van der Waals surface area (Å²) in [5.41, 5.74) is 0. The maximum Gasteiger partial charge on any atom is 0.168 e. The van der Waals surface area contributed by atoms with E-state index >= 15 is 0 Å². The van der Waals surface area contributed by atoms with E-state index in [1.165, 1.54) is 25.1 Å². The van der Waals surface area contributed by atoms with E-state index in [0.717, 1.165) is 32.0 Å². The first-order valence-electron chi connectivity index (χ1n) is 6.39. The van der Waals surface area contributed by atoms with E-state index in [0.29, 0.717) is 4.87 Å². The zero-order valence-corrected chi connectivity index (χ0v) is 10.8. The van der Waals surface area contributed by atoms with Crippen LogP contribution >= 0.6 is 11.8 Å². The number of rotatable bonds is 0. The predicted molar refractivity (Wildman–Crippen MR) is 65.5 cm³/mol. The fourth-order valence-electron chi connectivity index (χ4n) is 2.91. The largest absolute Gasteiger partial charge is 0.348 e. The van der Waals surface area contributed by atoms with Gasteiger partial charge in [-0.1, -0.05) is 6.92 Å². The van der Waals surface area contributed by atoms with Crippen molar-refractivity contribution in [2.45, 2.75) is 43.3 Å². The van der Waals surface area contributed by atoms with Crippen LogP contribution in [0, 0.1) is 5.92 Å². The number of nitrogens with one attached hydrogen (secondary N) is 1. The van der Waals surface area contributed by atoms with Crippen molar-refractivity contribution in [3.8, 4) is 0 Å². The summed E-state index contributed by atoms with van der Waals surface area (Å²) in [6.45, 7) is 5.05. The van der Waals surface area contributed by atoms with Crippen molar-refractivity contribution in [1.82, 2.24) is 5.32 Å². The zero-order valence-electron chi connectivity index (χ0n) is 9.96. The summed E-state index contributed by atoms with van der Waals surface area (Å²) in [6.07, 6.45) is 4.48. The lowest BCUT2D eigenvalue weighted by atomic mass is 9.89. The van der Waals surface area contributed by atoms with Crippen molar-refractivity contribution in [1.29, 1.82) is 0 Å². The van der Waals surface area contributed by atoms with Crippen molar-refractivity contribution in [2.75, 3.05) is 25.5 Å². The Morgan fingerprint density at radius 2 is 1.81 bits per heavy atom. The monoisotopic (exact) mass is 243 g/mol. The van der Waals surface area contributed by atoms with Crippen LogP contribution in [0.1, 0.15) is 32.6 Å². The van der Waals surface area contributed by atoms with Crippen molar-refractivity contribution in [3.05, 3.63) is 0 Å². The summed E-state index contributed by atoms with van der Waals surface area (Å²) in [6, 6.07) is 0. The van der Waals surface area contributed by atoms with Crippen LogP contribution in [0.15, 0.2) is 0 Å². The Morgan fingerprint density at radius 1 is 1.12 bits per heavy atom. The fourth-order valence-corrected chi connectivity index (χ4v) is 4.31. The molecule has 16 heavy (non-hydrogen) atoms. The maximum absolute atomic E-state index is 5.78. The fraction of sp³-hybridized carbons (Fsp3) is 1.00. The topological polar surface area (TPSA) is 30.5 Å². The first-order valence-corrected chi connectivity index (χ1v) is 7.38. The van der Waals surface area contributed by atoms with Gasteiger partial charge < -0.3 is 14.8 Å². The maximum atomic E-state index is 5.78. The van der Waals surface area contributed by atoms with Crippen molar-refractivity contribution >= 4 is 11.8 Å². The summed E-state index contributed by atoms with van der Waals surface area (Å²) in [5, 5.41) is 3.74. The Kier molecular flexibility index (Phi) is 2.94. The summed E-state index contributed by atoms with van der Waals surface area (Å²) in [5.74, 6) is 1.89. The van der Waals surface area contributed by atoms with Crippen molar-refractivity contribution < 1.29 is 9.47 Å². The molecule has 4 heteroatoms. The lowest BCUT2D eigenvalue weighted by molar-refractivity contribution is -0.181. The smallest absolute Gasteiger partial charge is 0.168 e. The Labute approximate surface area is 102 Å². The molecule has 1 aliphatic carbocycles. The van der Waals surface area contributed by atoms with Gasteiger partial charge in [-0.05, 0) is 31.1 Å². The Morgan fingerprint density at radius 3 is 2.38 bits per heavy atom. The number of ether oxygens (including phenoxy) is 2. The number of hydrogen-bond donors (Lipinski definition) is 1. The molecule has 0 amide bonds. The van der Waals surface area contributed by atoms with Gasteiger partial charge in [0.05, 0.1) is 18.1 Å². The summed E-state index contributed by atoms with van der Waals surface area (Å²) in [7, 11) is 0. The molecule has 1 unspecified atom stereocenters. The first kappa shape index (κ1) is 11.3. The Hall–Kier alpha value is 0.230. The molecule has 2 aliphatic heterocycles. The van der Waals surface area contributed by atoms with E-state index in [-0.39, 0.29) is 5.79 Å². The average molecular weight is 243 g/mol. The highest BCUT2D eigenvalue weighted by molar-refractivity contribution is 8.00. The number of hydrogen-bond acceptors (Lipinski definition) is 4. The van der Waals surface area contributed by atoms with Gasteiger partial charge in [0.1, 0.15) is 0 Å². The molecule has 1 N–H and O–H groups in total. The lowest BCUT2D eigenvalue weighted by Gasteiger charge is -2.46. The second-order valence-electron chi connectivity index (χ2n) is 5.40. The van der Waals surface area contributed by atoms with Crippen LogP contribution in [0.5, 0.6) is 0 Å². The van der Waals surface area contributed by atoms with E-state index in [1.54, 1.807) is 0 Å². The quantitative estimate of drug-likeness (QED) is 0.704. The van der Waals surface area contributed by atoms with E-state index in [2.05, 4.69) is 24.0 Å². The highest BCUT2D eigenvalue weighted by atomic mass is 32.2. The highest BCUT2D eigenvalue weighted by Crippen LogP contribution is 2.46. The minimum absolute atomic E-state index is 0.212. The van der Waals surface area contributed by atoms with Gasteiger partial charge in [0.15, 0.2) is 5.79 Å². The molecule has 3 fully saturated rings. The minimum Gasteiger partial charge on any atom is -0.348 e. The molecule has 3 aliphatic rings. The van der Waals surface area contributed by atoms with Gasteiger partial charge in [-0.2, -0.15) is 0 Å². The average Bonchev–Trinajstić information content (AvgIpc) is 2.76. The normalized spacial score (nSPS) is 36.9. The summed E-state index contributed by atoms with van der Waals surface area (Å²) < 4.78 is 11.6. The standard InChI is InChI=1S/C12H21NO2S/c1-10-8-13-11(16-9-10)2-4-12(5-3-11)14-6-7-15-12/h10,13H,2-9H2,1H3. The van der Waals surface area contributed by atoms with Gasteiger partial charge in [0.2, 0.25) is 0 Å². The van der Waals surface area contributed by atoms with E-state index in [1.807, 2.05) is 0 Å². The van der Waals surface area contributed by atoms with Crippen LogP contribution in [-0.2, 0) is 9.47 Å². The third kappa shape index (κ3) is 2.01. The van der Waals surface area contributed by atoms with Crippen LogP contribution in [-0.4, -0.2) is 36.2 Å². The molecule has 1 saturated carbocycles. The summed E-state index contributed by atoms with van der Waals surface area (Å²) in [4.78, 5) is 0.326. The van der Waals surface area contributed by atoms with Gasteiger partial charge >= 0.3 is 0 Å². The van der Waals surface area contributed by atoms with E-state index < -0.39 is 0 Å². The zero-order chi connectivity index (χ0) is 11.1. The van der Waals surface area contributed by atoms with Crippen LogP contribution in [0.2, 0.25) is 0 Å². The van der Waals surface area contributed by atoms with Gasteiger partial charge in [-0.25, -0.2) is 0 Å². The molecule has 1 atom stereocenters. The molecule has 0 bridgehead atoms. The van der Waals surface area contributed by atoms with Crippen LogP contribution in [0.25, 0.3) is 0 Å². The molecule has 0 aromatic heterocycles. The van der Waals surface area contributed by atoms with Crippen LogP contribution < -0.4 is 5.32 Å². The Balaban J connectivity index is 1.61. The summed E-state index contributed by atoms with van der Waals surface area (Å²) >= 11 is 2.11. The second kappa shape index (κ2) is 4.16. The molecular weight excluding hydrogens is 222 g/mol. The third-order valence-corrected chi connectivity index (χ3v) is 5.89. The van der Waals surface area contributed by atoms with Crippen molar-refractivity contribution in [3.63, 3.8) is 0 Å². The molecule has 0 aromatic rings. The molecule has 0 radical (unpaired) electrons. The molecule has 0 aromatic carbocycles. The molecule has 2 heterocycles. The second-order valence-corrected chi connectivity index (χ2v) is 6.80. The molecule has 2 spiro atoms. The van der Waals surface area contributed by atoms with Crippen LogP contribution in [0.4, 0.5) is 0 Å². The minimum atomic E-state index is -0.212. The van der Waals surface area contributed by atoms with Gasteiger partial charge in [-0.15, -0.1) is 11.8 Å². The predicted octanol–water partition coefficient (Wildman–Crippen LogP) is 1.97.